The Balaban J connectivity index is 1.69. The number of carbonyl (C=O) groups excluding carboxylic acids is 2. The first-order valence-corrected chi connectivity index (χ1v) is 9.26. The van der Waals surface area contributed by atoms with E-state index in [1.165, 1.54) is 0 Å². The SMILES string of the molecule is Cc1noc(C)c1C(=O)NC(=S)Nc1cccc(C(=O)N(C)c2ccccc2)c1. The summed E-state index contributed by atoms with van der Waals surface area (Å²) in [6.45, 7) is 3.34. The highest BCUT2D eigenvalue weighted by Crippen LogP contribution is 2.18. The summed E-state index contributed by atoms with van der Waals surface area (Å²) >= 11 is 5.22. The van der Waals surface area contributed by atoms with Crippen molar-refractivity contribution >= 4 is 40.5 Å². The summed E-state index contributed by atoms with van der Waals surface area (Å²) in [7, 11) is 1.71. The molecule has 8 heteroatoms. The van der Waals surface area contributed by atoms with Crippen molar-refractivity contribution in [3.8, 4) is 0 Å². The Bertz CT molecular complexity index is 1040. The number of hydrogen-bond acceptors (Lipinski definition) is 5. The van der Waals surface area contributed by atoms with Crippen LogP contribution in [-0.4, -0.2) is 29.1 Å². The summed E-state index contributed by atoms with van der Waals surface area (Å²) in [5, 5.41) is 9.39. The van der Waals surface area contributed by atoms with Gasteiger partial charge in [0.2, 0.25) is 0 Å². The summed E-state index contributed by atoms with van der Waals surface area (Å²) in [6, 6.07) is 16.3. The highest BCUT2D eigenvalue weighted by atomic mass is 32.1. The van der Waals surface area contributed by atoms with Crippen molar-refractivity contribution in [3.63, 3.8) is 0 Å². The minimum atomic E-state index is -0.408. The molecule has 0 bridgehead atoms. The van der Waals surface area contributed by atoms with E-state index in [1.54, 1.807) is 50.1 Å². The number of nitrogens with zero attached hydrogens (tertiary/aromatic N) is 2. The highest BCUT2D eigenvalue weighted by Gasteiger charge is 2.19. The van der Waals surface area contributed by atoms with Gasteiger partial charge in [-0.25, -0.2) is 0 Å². The Morgan fingerprint density at radius 3 is 2.45 bits per heavy atom. The fourth-order valence-electron chi connectivity index (χ4n) is 2.83. The van der Waals surface area contributed by atoms with E-state index in [1.807, 2.05) is 30.3 Å². The van der Waals surface area contributed by atoms with Crippen LogP contribution >= 0.6 is 12.2 Å². The molecule has 0 radical (unpaired) electrons. The topological polar surface area (TPSA) is 87.5 Å². The summed E-state index contributed by atoms with van der Waals surface area (Å²) in [4.78, 5) is 26.7. The van der Waals surface area contributed by atoms with Crippen molar-refractivity contribution in [1.82, 2.24) is 10.5 Å². The number of hydrogen-bond donors (Lipinski definition) is 2. The third kappa shape index (κ3) is 4.67. The van der Waals surface area contributed by atoms with Crippen LogP contribution in [0.15, 0.2) is 59.1 Å². The van der Waals surface area contributed by atoms with Gasteiger partial charge in [-0.15, -0.1) is 0 Å². The molecule has 0 aliphatic carbocycles. The minimum absolute atomic E-state index is 0.107. The van der Waals surface area contributed by atoms with E-state index in [0.717, 1.165) is 5.69 Å². The molecule has 0 saturated carbocycles. The molecule has 3 aromatic rings. The van der Waals surface area contributed by atoms with Crippen LogP contribution in [0, 0.1) is 13.8 Å². The van der Waals surface area contributed by atoms with Crippen LogP contribution in [0.4, 0.5) is 11.4 Å². The fourth-order valence-corrected chi connectivity index (χ4v) is 3.04. The van der Waals surface area contributed by atoms with Crippen LogP contribution in [0.2, 0.25) is 0 Å². The lowest BCUT2D eigenvalue weighted by atomic mass is 10.1. The average molecular weight is 408 g/mol. The Hall–Kier alpha value is -3.52. The Labute approximate surface area is 173 Å². The molecular formula is C21H20N4O3S. The molecule has 7 nitrogen and oxygen atoms in total. The van der Waals surface area contributed by atoms with E-state index >= 15 is 0 Å². The molecule has 0 aliphatic heterocycles. The van der Waals surface area contributed by atoms with Crippen molar-refractivity contribution in [3.05, 3.63) is 77.2 Å². The third-order valence-electron chi connectivity index (χ3n) is 4.30. The summed E-state index contributed by atoms with van der Waals surface area (Å²) < 4.78 is 5.00. The smallest absolute Gasteiger partial charge is 0.262 e. The quantitative estimate of drug-likeness (QED) is 0.640. The molecule has 0 fully saturated rings. The van der Waals surface area contributed by atoms with Gasteiger partial charge in [0.05, 0.1) is 5.69 Å². The maximum atomic E-state index is 12.8. The van der Waals surface area contributed by atoms with Gasteiger partial charge in [-0.3, -0.25) is 14.9 Å². The van der Waals surface area contributed by atoms with Crippen molar-refractivity contribution in [2.45, 2.75) is 13.8 Å². The molecular weight excluding hydrogens is 388 g/mol. The van der Waals surface area contributed by atoms with Crippen LogP contribution in [0.3, 0.4) is 0 Å². The molecule has 2 N–H and O–H groups in total. The fraction of sp³-hybridized carbons (Fsp3) is 0.143. The molecule has 29 heavy (non-hydrogen) atoms. The van der Waals surface area contributed by atoms with E-state index in [2.05, 4.69) is 15.8 Å². The van der Waals surface area contributed by atoms with E-state index in [-0.39, 0.29) is 11.0 Å². The zero-order valence-corrected chi connectivity index (χ0v) is 17.0. The number of aryl methyl sites for hydroxylation is 2. The predicted molar refractivity (Wildman–Crippen MR) is 115 cm³/mol. The number of aromatic nitrogens is 1. The monoisotopic (exact) mass is 408 g/mol. The minimum Gasteiger partial charge on any atom is -0.361 e. The summed E-state index contributed by atoms with van der Waals surface area (Å²) in [5.41, 5.74) is 2.70. The van der Waals surface area contributed by atoms with Crippen LogP contribution in [0.25, 0.3) is 0 Å². The van der Waals surface area contributed by atoms with Gasteiger partial charge in [0.1, 0.15) is 11.3 Å². The van der Waals surface area contributed by atoms with Gasteiger partial charge in [0.25, 0.3) is 11.8 Å². The molecule has 2 amide bonds. The molecule has 2 aromatic carbocycles. The largest absolute Gasteiger partial charge is 0.361 e. The molecule has 0 unspecified atom stereocenters. The van der Waals surface area contributed by atoms with Gasteiger partial charge in [0.15, 0.2) is 5.11 Å². The van der Waals surface area contributed by atoms with Crippen LogP contribution in [-0.2, 0) is 0 Å². The number of benzene rings is 2. The Morgan fingerprint density at radius 1 is 1.07 bits per heavy atom. The van der Waals surface area contributed by atoms with Crippen molar-refractivity contribution in [2.24, 2.45) is 0 Å². The molecule has 3 rings (SSSR count). The molecule has 0 saturated heterocycles. The number of carbonyl (C=O) groups is 2. The summed E-state index contributed by atoms with van der Waals surface area (Å²) in [6.07, 6.45) is 0. The van der Waals surface area contributed by atoms with E-state index < -0.39 is 5.91 Å². The number of thiocarbonyl (C=S) groups is 1. The maximum Gasteiger partial charge on any atom is 0.262 e. The number of amides is 2. The third-order valence-corrected chi connectivity index (χ3v) is 4.51. The molecule has 1 aromatic heterocycles. The second-order valence-electron chi connectivity index (χ2n) is 6.39. The first kappa shape index (κ1) is 20.2. The van der Waals surface area contributed by atoms with E-state index in [0.29, 0.717) is 28.3 Å². The molecule has 148 valence electrons. The van der Waals surface area contributed by atoms with E-state index in [9.17, 15) is 9.59 Å². The lowest BCUT2D eigenvalue weighted by molar-refractivity contribution is 0.0972. The van der Waals surface area contributed by atoms with Crippen LogP contribution in [0.5, 0.6) is 0 Å². The maximum absolute atomic E-state index is 12.8. The van der Waals surface area contributed by atoms with Gasteiger partial charge in [-0.05, 0) is 56.4 Å². The first-order chi connectivity index (χ1) is 13.9. The van der Waals surface area contributed by atoms with Crippen LogP contribution < -0.4 is 15.5 Å². The normalized spacial score (nSPS) is 10.3. The number of nitrogens with one attached hydrogen (secondary N) is 2. The lowest BCUT2D eigenvalue weighted by Gasteiger charge is -2.18. The van der Waals surface area contributed by atoms with Crippen LogP contribution in [0.1, 0.15) is 32.2 Å². The van der Waals surface area contributed by atoms with Crippen molar-refractivity contribution in [2.75, 3.05) is 17.3 Å². The first-order valence-electron chi connectivity index (χ1n) is 8.85. The van der Waals surface area contributed by atoms with Crippen molar-refractivity contribution < 1.29 is 14.1 Å². The van der Waals surface area contributed by atoms with Gasteiger partial charge in [0, 0.05) is 24.0 Å². The second kappa shape index (κ2) is 8.66. The number of anilines is 2. The molecule has 0 aliphatic rings. The van der Waals surface area contributed by atoms with E-state index in [4.69, 9.17) is 16.7 Å². The number of para-hydroxylation sites is 1. The molecule has 0 atom stereocenters. The van der Waals surface area contributed by atoms with Gasteiger partial charge in [-0.2, -0.15) is 0 Å². The average Bonchev–Trinajstić information content (AvgIpc) is 3.05. The zero-order chi connectivity index (χ0) is 21.0. The lowest BCUT2D eigenvalue weighted by Crippen LogP contribution is -2.34. The molecule has 1 heterocycles. The highest BCUT2D eigenvalue weighted by molar-refractivity contribution is 7.80. The standard InChI is InChI=1S/C21H20N4O3S/c1-13-18(14(2)28-24-13)19(26)23-21(29)22-16-9-7-8-15(12-16)20(27)25(3)17-10-5-4-6-11-17/h4-12H,1-3H3,(H2,22,23,26,29). The molecule has 0 spiro atoms. The van der Waals surface area contributed by atoms with Crippen molar-refractivity contribution in [1.29, 1.82) is 0 Å². The zero-order valence-electron chi connectivity index (χ0n) is 16.2. The Kier molecular flexibility index (Phi) is 6.04. The Morgan fingerprint density at radius 2 is 1.79 bits per heavy atom. The van der Waals surface area contributed by atoms with Gasteiger partial charge < -0.3 is 14.7 Å². The summed E-state index contributed by atoms with van der Waals surface area (Å²) in [5.74, 6) is -0.153. The van der Waals surface area contributed by atoms with Gasteiger partial charge >= 0.3 is 0 Å². The number of rotatable bonds is 4. The predicted octanol–water partition coefficient (Wildman–Crippen LogP) is 3.69. The van der Waals surface area contributed by atoms with Gasteiger partial charge in [-0.1, -0.05) is 29.4 Å². The second-order valence-corrected chi connectivity index (χ2v) is 6.80.